The number of aliphatic hydroxyl groups excluding tert-OH is 1. The molecule has 0 heterocycles. The maximum Gasteiger partial charge on any atom is 0.224 e. The van der Waals surface area contributed by atoms with E-state index in [2.05, 4.69) is 34.3 Å². The summed E-state index contributed by atoms with van der Waals surface area (Å²) in [5.41, 5.74) is 2.36. The highest BCUT2D eigenvalue weighted by Crippen LogP contribution is 2.19. The van der Waals surface area contributed by atoms with Crippen LogP contribution in [0.1, 0.15) is 24.0 Å². The molecule has 0 aliphatic carbocycles. The third-order valence-electron chi connectivity index (χ3n) is 4.47. The molecule has 0 radical (unpaired) electrons. The zero-order valence-electron chi connectivity index (χ0n) is 16.2. The van der Waals surface area contributed by atoms with Crippen molar-refractivity contribution in [1.29, 1.82) is 0 Å². The Morgan fingerprint density at radius 1 is 1.07 bits per heavy atom. The minimum Gasteiger partial charge on any atom is -0.394 e. The first kappa shape index (κ1) is 23.3. The average molecular weight is 483 g/mol. The van der Waals surface area contributed by atoms with Crippen molar-refractivity contribution in [3.8, 4) is 0 Å². The molecular weight excluding hydrogens is 454 g/mol. The molecule has 0 bridgehead atoms. The molecule has 152 valence electrons. The third-order valence-corrected chi connectivity index (χ3v) is 6.67. The van der Waals surface area contributed by atoms with Gasteiger partial charge in [-0.3, -0.25) is 4.79 Å². The predicted molar refractivity (Wildman–Crippen MR) is 126 cm³/mol. The summed E-state index contributed by atoms with van der Waals surface area (Å²) >= 11 is 6.97. The Balaban J connectivity index is 1.95. The Morgan fingerprint density at radius 3 is 2.43 bits per heavy atom. The lowest BCUT2D eigenvalue weighted by molar-refractivity contribution is -0.134. The molecule has 0 spiro atoms. The molecule has 28 heavy (non-hydrogen) atoms. The van der Waals surface area contributed by atoms with E-state index in [9.17, 15) is 9.90 Å². The summed E-state index contributed by atoms with van der Waals surface area (Å²) in [7, 11) is 0. The fraction of sp³-hybridized carbons (Fsp3) is 0.409. The molecule has 0 aromatic heterocycles. The van der Waals surface area contributed by atoms with Gasteiger partial charge in [-0.05, 0) is 41.7 Å². The van der Waals surface area contributed by atoms with Gasteiger partial charge in [0.15, 0.2) is 0 Å². The highest BCUT2D eigenvalue weighted by Gasteiger charge is 2.23. The van der Waals surface area contributed by atoms with Crippen molar-refractivity contribution in [3.05, 3.63) is 70.2 Å². The maximum absolute atomic E-state index is 13.0. The van der Waals surface area contributed by atoms with Gasteiger partial charge in [-0.15, -0.1) is 0 Å². The summed E-state index contributed by atoms with van der Waals surface area (Å²) < 4.78 is 1.02. The molecule has 0 unspecified atom stereocenters. The molecule has 2 aromatic carbocycles. The van der Waals surface area contributed by atoms with Crippen molar-refractivity contribution < 1.29 is 9.90 Å². The Labute approximate surface area is 185 Å². The average Bonchev–Trinajstić information content (AvgIpc) is 2.73. The largest absolute Gasteiger partial charge is 0.394 e. The number of aliphatic hydroxyl groups is 1. The molecule has 0 saturated carbocycles. The fourth-order valence-electron chi connectivity index (χ4n) is 2.87. The van der Waals surface area contributed by atoms with Crippen LogP contribution in [0.3, 0.4) is 0 Å². The van der Waals surface area contributed by atoms with E-state index in [-0.39, 0.29) is 18.6 Å². The van der Waals surface area contributed by atoms with Crippen LogP contribution in [-0.4, -0.2) is 46.3 Å². The Morgan fingerprint density at radius 2 is 1.79 bits per heavy atom. The van der Waals surface area contributed by atoms with Gasteiger partial charge in [0.1, 0.15) is 0 Å². The zero-order chi connectivity index (χ0) is 20.2. The Kier molecular flexibility index (Phi) is 11.1. The normalized spacial score (nSPS) is 12.0. The van der Waals surface area contributed by atoms with E-state index in [1.807, 2.05) is 47.4 Å². The second-order valence-electron chi connectivity index (χ2n) is 6.55. The number of carbonyl (C=O) groups excluding carboxylic acids is 1. The van der Waals surface area contributed by atoms with E-state index in [1.165, 1.54) is 5.56 Å². The molecule has 1 amide bonds. The first-order valence-electron chi connectivity index (χ1n) is 9.39. The summed E-state index contributed by atoms with van der Waals surface area (Å²) in [5, 5.41) is 9.90. The van der Waals surface area contributed by atoms with Gasteiger partial charge in [0.2, 0.25) is 5.91 Å². The molecule has 1 atom stereocenters. The number of hydrogen-bond acceptors (Lipinski definition) is 4. The number of nitrogens with zero attached hydrogens (tertiary/aromatic N) is 1. The van der Waals surface area contributed by atoms with Gasteiger partial charge in [-0.2, -0.15) is 23.5 Å². The number of halogens is 1. The molecule has 1 N–H and O–H groups in total. The van der Waals surface area contributed by atoms with Gasteiger partial charge >= 0.3 is 0 Å². The first-order valence-corrected chi connectivity index (χ1v) is 12.7. The van der Waals surface area contributed by atoms with Gasteiger partial charge in [0.05, 0.1) is 12.6 Å². The van der Waals surface area contributed by atoms with E-state index in [0.717, 1.165) is 33.7 Å². The number of carbonyl (C=O) groups is 1. The van der Waals surface area contributed by atoms with Crippen molar-refractivity contribution in [1.82, 2.24) is 4.90 Å². The SMILES string of the molecule is CSCC[C@@H](CO)N(Cc1ccc(Br)cc1)C(=O)CCSCc1ccccc1. The summed E-state index contributed by atoms with van der Waals surface area (Å²) in [4.78, 5) is 14.8. The van der Waals surface area contributed by atoms with Crippen molar-refractivity contribution in [2.45, 2.75) is 31.2 Å². The topological polar surface area (TPSA) is 40.5 Å². The monoisotopic (exact) mass is 481 g/mol. The molecule has 0 aliphatic rings. The van der Waals surface area contributed by atoms with E-state index < -0.39 is 0 Å². The number of thioether (sulfide) groups is 2. The molecular formula is C22H28BrNO2S2. The van der Waals surface area contributed by atoms with Crippen molar-refractivity contribution in [2.24, 2.45) is 0 Å². The van der Waals surface area contributed by atoms with Gasteiger partial charge in [-0.25, -0.2) is 0 Å². The van der Waals surface area contributed by atoms with Gasteiger partial charge in [-0.1, -0.05) is 58.4 Å². The minimum absolute atomic E-state index is 0.0000137. The molecule has 0 aliphatic heterocycles. The Hall–Kier alpha value is -0.950. The van der Waals surface area contributed by atoms with E-state index in [4.69, 9.17) is 0 Å². The molecule has 2 rings (SSSR count). The van der Waals surface area contributed by atoms with Gasteiger partial charge < -0.3 is 10.0 Å². The van der Waals surface area contributed by atoms with E-state index in [0.29, 0.717) is 13.0 Å². The van der Waals surface area contributed by atoms with Crippen LogP contribution >= 0.6 is 39.5 Å². The van der Waals surface area contributed by atoms with Crippen molar-refractivity contribution in [3.63, 3.8) is 0 Å². The number of benzene rings is 2. The molecule has 2 aromatic rings. The number of rotatable bonds is 12. The van der Waals surface area contributed by atoms with E-state index >= 15 is 0 Å². The van der Waals surface area contributed by atoms with Crippen LogP contribution in [0.5, 0.6) is 0 Å². The van der Waals surface area contributed by atoms with Crippen LogP contribution in [0.25, 0.3) is 0 Å². The van der Waals surface area contributed by atoms with Crippen molar-refractivity contribution in [2.75, 3.05) is 24.4 Å². The summed E-state index contributed by atoms with van der Waals surface area (Å²) in [5.74, 6) is 2.74. The van der Waals surface area contributed by atoms with E-state index in [1.54, 1.807) is 23.5 Å². The van der Waals surface area contributed by atoms with Crippen LogP contribution in [0.2, 0.25) is 0 Å². The van der Waals surface area contributed by atoms with Crippen LogP contribution in [-0.2, 0) is 17.1 Å². The lowest BCUT2D eigenvalue weighted by atomic mass is 10.1. The first-order chi connectivity index (χ1) is 13.6. The zero-order valence-corrected chi connectivity index (χ0v) is 19.4. The Bertz CT molecular complexity index is 697. The minimum atomic E-state index is -0.136. The van der Waals surface area contributed by atoms with Crippen molar-refractivity contribution >= 4 is 45.4 Å². The summed E-state index contributed by atoms with van der Waals surface area (Å²) in [6.45, 7) is 0.537. The van der Waals surface area contributed by atoms with Gasteiger partial charge in [0.25, 0.3) is 0 Å². The van der Waals surface area contributed by atoms with Gasteiger partial charge in [0, 0.05) is 28.9 Å². The maximum atomic E-state index is 13.0. The number of amides is 1. The van der Waals surface area contributed by atoms with Crippen LogP contribution in [0.15, 0.2) is 59.1 Å². The summed E-state index contributed by atoms with van der Waals surface area (Å²) in [6.07, 6.45) is 3.34. The molecule has 0 saturated heterocycles. The second kappa shape index (κ2) is 13.3. The quantitative estimate of drug-likeness (QED) is 0.422. The van der Waals surface area contributed by atoms with Crippen LogP contribution in [0, 0.1) is 0 Å². The van der Waals surface area contributed by atoms with Crippen LogP contribution in [0.4, 0.5) is 0 Å². The molecule has 0 fully saturated rings. The fourth-order valence-corrected chi connectivity index (χ4v) is 4.54. The number of hydrogen-bond donors (Lipinski definition) is 1. The predicted octanol–water partition coefficient (Wildman–Crippen LogP) is 5.22. The standard InChI is InChI=1S/C22H28BrNO2S2/c1-27-13-11-21(16-25)24(15-18-7-9-20(23)10-8-18)22(26)12-14-28-17-19-5-3-2-4-6-19/h2-10,21,25H,11-17H2,1H3/t21-/m0/s1. The van der Waals surface area contributed by atoms with Crippen LogP contribution < -0.4 is 0 Å². The third kappa shape index (κ3) is 8.19. The smallest absolute Gasteiger partial charge is 0.224 e. The highest BCUT2D eigenvalue weighted by molar-refractivity contribution is 9.10. The highest BCUT2D eigenvalue weighted by atomic mass is 79.9. The lowest BCUT2D eigenvalue weighted by Gasteiger charge is -2.31. The molecule has 6 heteroatoms. The lowest BCUT2D eigenvalue weighted by Crippen LogP contribution is -2.42. The second-order valence-corrected chi connectivity index (χ2v) is 9.56. The molecule has 3 nitrogen and oxygen atoms in total. The summed E-state index contributed by atoms with van der Waals surface area (Å²) in [6, 6.07) is 18.2.